The normalized spacial score (nSPS) is 12.2. The van der Waals surface area contributed by atoms with Crippen molar-refractivity contribution in [1.82, 2.24) is 0 Å². The van der Waals surface area contributed by atoms with E-state index in [1.165, 1.54) is 89.9 Å². The Balaban J connectivity index is 3.89. The molecule has 2 N–H and O–H groups in total. The molecule has 0 aromatic heterocycles. The minimum Gasteiger partial charge on any atom is -0.303 e. The highest BCUT2D eigenvalue weighted by Crippen LogP contribution is 2.36. The van der Waals surface area contributed by atoms with Gasteiger partial charge in [0.1, 0.15) is 0 Å². The van der Waals surface area contributed by atoms with E-state index in [9.17, 15) is 4.57 Å². The van der Waals surface area contributed by atoms with Gasteiger partial charge in [-0.25, -0.2) is 4.57 Å². The van der Waals surface area contributed by atoms with E-state index in [0.29, 0.717) is 5.92 Å². The van der Waals surface area contributed by atoms with Gasteiger partial charge < -0.3 is 9.79 Å². The predicted molar refractivity (Wildman–Crippen MR) is 102 cm³/mol. The smallest absolute Gasteiger partial charge is 0.303 e. The van der Waals surface area contributed by atoms with E-state index in [4.69, 9.17) is 9.79 Å². The van der Waals surface area contributed by atoms with Gasteiger partial charge in [-0.05, 0) is 12.3 Å². The zero-order valence-electron chi connectivity index (χ0n) is 16.0. The second-order valence-corrected chi connectivity index (χ2v) is 8.33. The molecule has 0 aromatic carbocycles. The van der Waals surface area contributed by atoms with Gasteiger partial charge in [0, 0.05) is 0 Å². The van der Waals surface area contributed by atoms with E-state index in [0.717, 1.165) is 6.42 Å². The first-order chi connectivity index (χ1) is 11.5. The number of hydrogen-bond donors (Lipinski definition) is 2. The third-order valence-corrected chi connectivity index (χ3v) is 5.24. The van der Waals surface area contributed by atoms with Gasteiger partial charge in [-0.2, -0.15) is 0 Å². The third kappa shape index (κ3) is 18.4. The first-order valence-corrected chi connectivity index (χ1v) is 11.7. The molecule has 0 aliphatic rings. The Morgan fingerprint density at radius 1 is 0.708 bits per heavy atom. The molecule has 24 heavy (non-hydrogen) atoms. The molecule has 0 unspecified atom stereocenters. The summed E-state index contributed by atoms with van der Waals surface area (Å²) in [6.07, 6.45) is 18.7. The summed E-state index contributed by atoms with van der Waals surface area (Å²) in [4.78, 5) is 17.6. The van der Waals surface area contributed by atoms with Crippen LogP contribution in [-0.4, -0.2) is 16.4 Å². The van der Waals surface area contributed by atoms with E-state index in [1.807, 2.05) is 0 Å². The molecule has 0 fully saturated rings. The maximum Gasteiger partial charge on any atom is 0.469 e. The molecule has 0 aliphatic carbocycles. The summed E-state index contributed by atoms with van der Waals surface area (Å²) in [5, 5.41) is 0. The maximum atomic E-state index is 10.8. The highest BCUT2D eigenvalue weighted by atomic mass is 31.2. The first kappa shape index (κ1) is 24.1. The Morgan fingerprint density at radius 3 is 1.54 bits per heavy atom. The highest BCUT2D eigenvalue weighted by Gasteiger charge is 2.15. The van der Waals surface area contributed by atoms with Crippen LogP contribution < -0.4 is 0 Å². The van der Waals surface area contributed by atoms with E-state index in [2.05, 4.69) is 18.4 Å². The van der Waals surface area contributed by atoms with Gasteiger partial charge in [0.2, 0.25) is 0 Å². The van der Waals surface area contributed by atoms with E-state index in [-0.39, 0.29) is 6.61 Å². The largest absolute Gasteiger partial charge is 0.469 e. The zero-order valence-corrected chi connectivity index (χ0v) is 16.9. The molecule has 0 amide bonds. The number of phosphoric ester groups is 1. The van der Waals surface area contributed by atoms with Crippen LogP contribution in [0.15, 0.2) is 0 Å². The van der Waals surface area contributed by atoms with Gasteiger partial charge in [0.15, 0.2) is 0 Å². The Bertz CT molecular complexity index is 288. The molecule has 0 bridgehead atoms. The average molecular weight is 365 g/mol. The summed E-state index contributed by atoms with van der Waals surface area (Å²) in [7, 11) is -4.31. The van der Waals surface area contributed by atoms with Gasteiger partial charge in [-0.15, -0.1) is 0 Å². The predicted octanol–water partition coefficient (Wildman–Crippen LogP) is 6.60. The molecule has 0 rings (SSSR count). The Morgan fingerprint density at radius 2 is 1.12 bits per heavy atom. The van der Waals surface area contributed by atoms with Crippen molar-refractivity contribution in [1.29, 1.82) is 0 Å². The van der Waals surface area contributed by atoms with E-state index in [1.54, 1.807) is 0 Å². The van der Waals surface area contributed by atoms with Crippen molar-refractivity contribution in [3.05, 3.63) is 0 Å². The standard InChI is InChI=1S/C19H41O4P/c1-3-5-7-9-11-13-15-19(17-18-23-24(20,21)22)16-14-12-10-8-6-4-2/h19H,3-18H2,1-2H3,(H2,20,21,22). The molecule has 0 aromatic rings. The topological polar surface area (TPSA) is 66.8 Å². The van der Waals surface area contributed by atoms with E-state index >= 15 is 0 Å². The molecular weight excluding hydrogens is 323 g/mol. The minimum atomic E-state index is -4.31. The molecule has 146 valence electrons. The van der Waals surface area contributed by atoms with Gasteiger partial charge in [0.25, 0.3) is 0 Å². The van der Waals surface area contributed by atoms with Crippen LogP contribution in [-0.2, 0) is 9.09 Å². The van der Waals surface area contributed by atoms with Crippen molar-refractivity contribution in [2.75, 3.05) is 6.61 Å². The molecule has 5 heteroatoms. The molecule has 0 spiro atoms. The zero-order chi connectivity index (χ0) is 18.1. The van der Waals surface area contributed by atoms with Crippen LogP contribution in [0.5, 0.6) is 0 Å². The van der Waals surface area contributed by atoms with Crippen LogP contribution >= 0.6 is 7.82 Å². The lowest BCUT2D eigenvalue weighted by molar-refractivity contribution is 0.179. The Kier molecular flexibility index (Phi) is 16.6. The van der Waals surface area contributed by atoms with Gasteiger partial charge >= 0.3 is 7.82 Å². The lowest BCUT2D eigenvalue weighted by Gasteiger charge is -2.17. The average Bonchev–Trinajstić information content (AvgIpc) is 2.52. The van der Waals surface area contributed by atoms with Crippen LogP contribution in [0.4, 0.5) is 0 Å². The van der Waals surface area contributed by atoms with Crippen LogP contribution in [0.2, 0.25) is 0 Å². The van der Waals surface area contributed by atoms with Crippen molar-refractivity contribution in [2.24, 2.45) is 5.92 Å². The monoisotopic (exact) mass is 364 g/mol. The quantitative estimate of drug-likeness (QED) is 0.212. The lowest BCUT2D eigenvalue weighted by atomic mass is 9.92. The second kappa shape index (κ2) is 16.6. The molecule has 0 aliphatic heterocycles. The molecule has 0 atom stereocenters. The Hall–Kier alpha value is 0.110. The van der Waals surface area contributed by atoms with Crippen molar-refractivity contribution in [2.45, 2.75) is 110 Å². The molecule has 0 radical (unpaired) electrons. The molecule has 0 saturated heterocycles. The van der Waals surface area contributed by atoms with Crippen LogP contribution in [0.1, 0.15) is 110 Å². The van der Waals surface area contributed by atoms with Crippen LogP contribution in [0.25, 0.3) is 0 Å². The summed E-state index contributed by atoms with van der Waals surface area (Å²) in [6.45, 7) is 4.65. The van der Waals surface area contributed by atoms with Crippen molar-refractivity contribution in [3.8, 4) is 0 Å². The SMILES string of the molecule is CCCCCCCCC(CCCCCCCC)CCOP(=O)(O)O. The summed E-state index contributed by atoms with van der Waals surface area (Å²) < 4.78 is 15.5. The van der Waals surface area contributed by atoms with Crippen LogP contribution in [0, 0.1) is 5.92 Å². The first-order valence-electron chi connectivity index (χ1n) is 10.2. The Labute approximate surface area is 150 Å². The van der Waals surface area contributed by atoms with Crippen molar-refractivity contribution >= 4 is 7.82 Å². The number of phosphoric acid groups is 1. The number of rotatable bonds is 18. The fraction of sp³-hybridized carbons (Fsp3) is 1.00. The second-order valence-electron chi connectivity index (χ2n) is 7.09. The molecule has 0 saturated carbocycles. The number of unbranched alkanes of at least 4 members (excludes halogenated alkanes) is 10. The molecule has 4 nitrogen and oxygen atoms in total. The van der Waals surface area contributed by atoms with Gasteiger partial charge in [0.05, 0.1) is 6.61 Å². The summed E-state index contributed by atoms with van der Waals surface area (Å²) in [5.41, 5.74) is 0. The third-order valence-electron chi connectivity index (χ3n) is 4.72. The fourth-order valence-corrected chi connectivity index (χ4v) is 3.54. The number of hydrogen-bond acceptors (Lipinski definition) is 2. The lowest BCUT2D eigenvalue weighted by Crippen LogP contribution is -2.05. The van der Waals surface area contributed by atoms with Crippen LogP contribution in [0.3, 0.4) is 0 Å². The molecular formula is C19H41O4P. The molecule has 0 heterocycles. The van der Waals surface area contributed by atoms with E-state index < -0.39 is 7.82 Å². The minimum absolute atomic E-state index is 0.181. The maximum absolute atomic E-state index is 10.8. The highest BCUT2D eigenvalue weighted by molar-refractivity contribution is 7.46. The summed E-state index contributed by atoms with van der Waals surface area (Å²) >= 11 is 0. The summed E-state index contributed by atoms with van der Waals surface area (Å²) in [6, 6.07) is 0. The van der Waals surface area contributed by atoms with Crippen molar-refractivity contribution < 1.29 is 18.9 Å². The van der Waals surface area contributed by atoms with Gasteiger partial charge in [-0.3, -0.25) is 4.52 Å². The van der Waals surface area contributed by atoms with Gasteiger partial charge in [-0.1, -0.05) is 104 Å². The fourth-order valence-electron chi connectivity index (χ4n) is 3.20. The summed E-state index contributed by atoms with van der Waals surface area (Å²) in [5.74, 6) is 0.550. The van der Waals surface area contributed by atoms with Crippen molar-refractivity contribution in [3.63, 3.8) is 0 Å².